The summed E-state index contributed by atoms with van der Waals surface area (Å²) in [5.74, 6) is 0. The van der Waals surface area contributed by atoms with E-state index in [0.29, 0.717) is 0 Å². The third-order valence-electron chi connectivity index (χ3n) is 1.80. The van der Waals surface area contributed by atoms with Gasteiger partial charge in [0.25, 0.3) is 0 Å². The second-order valence-electron chi connectivity index (χ2n) is 2.70. The van der Waals surface area contributed by atoms with Gasteiger partial charge in [-0.25, -0.2) is 0 Å². The molecule has 1 aliphatic heterocycles. The molecule has 1 fully saturated rings. The second kappa shape index (κ2) is 3.37. The van der Waals surface area contributed by atoms with Crippen molar-refractivity contribution >= 4 is 16.5 Å². The van der Waals surface area contributed by atoms with E-state index in [1.165, 1.54) is 0 Å². The van der Waals surface area contributed by atoms with Gasteiger partial charge in [-0.2, -0.15) is 0 Å². The Morgan fingerprint density at radius 1 is 1.33 bits per heavy atom. The molecule has 0 spiro atoms. The second-order valence-corrected chi connectivity index (χ2v) is 3.86. The third-order valence-corrected chi connectivity index (χ3v) is 2.70. The fraction of sp³-hybridized carbons (Fsp3) is 0.714. The first-order valence-electron chi connectivity index (χ1n) is 3.99. The number of morpholine rings is 1. The van der Waals surface area contributed by atoms with Crippen LogP contribution in [0.5, 0.6) is 0 Å². The monoisotopic (exact) mass is 185 g/mol. The lowest BCUT2D eigenvalue weighted by Crippen LogP contribution is -2.36. The fourth-order valence-electron chi connectivity index (χ4n) is 1.17. The van der Waals surface area contributed by atoms with E-state index in [1.807, 2.05) is 6.92 Å². The lowest BCUT2D eigenvalue weighted by Gasteiger charge is -2.25. The summed E-state index contributed by atoms with van der Waals surface area (Å²) in [7, 11) is 0. The van der Waals surface area contributed by atoms with Crippen LogP contribution in [-0.4, -0.2) is 36.5 Å². The van der Waals surface area contributed by atoms with Crippen molar-refractivity contribution in [2.75, 3.05) is 31.2 Å². The van der Waals surface area contributed by atoms with Gasteiger partial charge in [0.05, 0.1) is 13.2 Å². The molecule has 12 heavy (non-hydrogen) atoms. The van der Waals surface area contributed by atoms with Gasteiger partial charge in [0.1, 0.15) is 5.01 Å². The summed E-state index contributed by atoms with van der Waals surface area (Å²) >= 11 is 1.64. The normalized spacial score (nSPS) is 18.2. The summed E-state index contributed by atoms with van der Waals surface area (Å²) < 4.78 is 5.24. The molecule has 1 aromatic rings. The summed E-state index contributed by atoms with van der Waals surface area (Å²) in [6.07, 6.45) is 0. The van der Waals surface area contributed by atoms with E-state index in [2.05, 4.69) is 15.1 Å². The van der Waals surface area contributed by atoms with Gasteiger partial charge in [0, 0.05) is 13.1 Å². The van der Waals surface area contributed by atoms with Crippen molar-refractivity contribution in [2.45, 2.75) is 6.92 Å². The van der Waals surface area contributed by atoms with Gasteiger partial charge in [-0.05, 0) is 6.92 Å². The molecule has 0 amide bonds. The number of hydrogen-bond acceptors (Lipinski definition) is 5. The minimum Gasteiger partial charge on any atom is -0.378 e. The van der Waals surface area contributed by atoms with Crippen LogP contribution in [0.2, 0.25) is 0 Å². The van der Waals surface area contributed by atoms with Gasteiger partial charge in [-0.1, -0.05) is 11.3 Å². The Bertz CT molecular complexity index is 257. The van der Waals surface area contributed by atoms with Crippen LogP contribution >= 0.6 is 11.3 Å². The number of hydrogen-bond donors (Lipinski definition) is 0. The highest BCUT2D eigenvalue weighted by atomic mass is 32.1. The van der Waals surface area contributed by atoms with Gasteiger partial charge in [-0.15, -0.1) is 10.2 Å². The van der Waals surface area contributed by atoms with Crippen molar-refractivity contribution in [3.8, 4) is 0 Å². The van der Waals surface area contributed by atoms with Crippen molar-refractivity contribution in [3.63, 3.8) is 0 Å². The molecule has 2 heterocycles. The Hall–Kier alpha value is -0.680. The molecule has 0 atom stereocenters. The SMILES string of the molecule is Cc1nnc(N2CCOCC2)s1. The molecule has 1 aliphatic rings. The average Bonchev–Trinajstić information content (AvgIpc) is 2.54. The highest BCUT2D eigenvalue weighted by molar-refractivity contribution is 7.15. The van der Waals surface area contributed by atoms with E-state index in [9.17, 15) is 0 Å². The number of ether oxygens (including phenoxy) is 1. The largest absolute Gasteiger partial charge is 0.378 e. The van der Waals surface area contributed by atoms with Gasteiger partial charge in [0.15, 0.2) is 0 Å². The van der Waals surface area contributed by atoms with Gasteiger partial charge in [0.2, 0.25) is 5.13 Å². The molecule has 5 heteroatoms. The maximum Gasteiger partial charge on any atom is 0.208 e. The van der Waals surface area contributed by atoms with Crippen LogP contribution < -0.4 is 4.90 Å². The summed E-state index contributed by atoms with van der Waals surface area (Å²) in [6, 6.07) is 0. The first-order chi connectivity index (χ1) is 5.86. The quantitative estimate of drug-likeness (QED) is 0.645. The number of anilines is 1. The summed E-state index contributed by atoms with van der Waals surface area (Å²) in [4.78, 5) is 2.22. The van der Waals surface area contributed by atoms with E-state index >= 15 is 0 Å². The fourth-order valence-corrected chi connectivity index (χ4v) is 1.91. The minimum absolute atomic E-state index is 0.804. The first kappa shape index (κ1) is 7.94. The lowest BCUT2D eigenvalue weighted by atomic mass is 10.5. The lowest BCUT2D eigenvalue weighted by molar-refractivity contribution is 0.122. The van der Waals surface area contributed by atoms with Gasteiger partial charge in [-0.3, -0.25) is 0 Å². The Kier molecular flexibility index (Phi) is 2.23. The first-order valence-corrected chi connectivity index (χ1v) is 4.81. The Morgan fingerprint density at radius 2 is 2.08 bits per heavy atom. The summed E-state index contributed by atoms with van der Waals surface area (Å²) in [5, 5.41) is 10.1. The number of aromatic nitrogens is 2. The number of nitrogens with zero attached hydrogens (tertiary/aromatic N) is 3. The van der Waals surface area contributed by atoms with Crippen LogP contribution in [0.25, 0.3) is 0 Å². The van der Waals surface area contributed by atoms with Gasteiger partial charge < -0.3 is 9.64 Å². The minimum atomic E-state index is 0.804. The molecule has 0 N–H and O–H groups in total. The molecule has 0 aromatic carbocycles. The third kappa shape index (κ3) is 1.56. The van der Waals surface area contributed by atoms with Crippen molar-refractivity contribution in [3.05, 3.63) is 5.01 Å². The number of aryl methyl sites for hydroxylation is 1. The topological polar surface area (TPSA) is 38.2 Å². The average molecular weight is 185 g/mol. The zero-order valence-corrected chi connectivity index (χ0v) is 7.80. The van der Waals surface area contributed by atoms with Crippen LogP contribution in [-0.2, 0) is 4.74 Å². The van der Waals surface area contributed by atoms with Crippen LogP contribution in [0.3, 0.4) is 0 Å². The molecule has 1 aromatic heterocycles. The maximum absolute atomic E-state index is 5.24. The molecule has 2 rings (SSSR count). The van der Waals surface area contributed by atoms with Crippen molar-refractivity contribution in [1.82, 2.24) is 10.2 Å². The van der Waals surface area contributed by atoms with Crippen LogP contribution in [0.15, 0.2) is 0 Å². The molecule has 0 radical (unpaired) electrons. The maximum atomic E-state index is 5.24. The van der Waals surface area contributed by atoms with E-state index in [-0.39, 0.29) is 0 Å². The molecule has 4 nitrogen and oxygen atoms in total. The zero-order chi connectivity index (χ0) is 8.39. The highest BCUT2D eigenvalue weighted by Crippen LogP contribution is 2.19. The van der Waals surface area contributed by atoms with E-state index in [1.54, 1.807) is 11.3 Å². The van der Waals surface area contributed by atoms with Crippen LogP contribution in [0, 0.1) is 6.92 Å². The number of rotatable bonds is 1. The molecular weight excluding hydrogens is 174 g/mol. The predicted molar refractivity (Wildman–Crippen MR) is 47.7 cm³/mol. The molecule has 0 unspecified atom stereocenters. The Labute approximate surface area is 75.2 Å². The Balaban J connectivity index is 2.08. The smallest absolute Gasteiger partial charge is 0.208 e. The summed E-state index contributed by atoms with van der Waals surface area (Å²) in [5.41, 5.74) is 0. The molecule has 0 saturated carbocycles. The summed E-state index contributed by atoms with van der Waals surface area (Å²) in [6.45, 7) is 5.46. The highest BCUT2D eigenvalue weighted by Gasteiger charge is 2.14. The van der Waals surface area contributed by atoms with E-state index in [0.717, 1.165) is 36.4 Å². The van der Waals surface area contributed by atoms with Crippen molar-refractivity contribution in [2.24, 2.45) is 0 Å². The van der Waals surface area contributed by atoms with Crippen molar-refractivity contribution in [1.29, 1.82) is 0 Å². The van der Waals surface area contributed by atoms with E-state index < -0.39 is 0 Å². The van der Waals surface area contributed by atoms with Crippen LogP contribution in [0.1, 0.15) is 5.01 Å². The van der Waals surface area contributed by atoms with Crippen LogP contribution in [0.4, 0.5) is 5.13 Å². The van der Waals surface area contributed by atoms with E-state index in [4.69, 9.17) is 4.74 Å². The van der Waals surface area contributed by atoms with Crippen molar-refractivity contribution < 1.29 is 4.74 Å². The standard InChI is InChI=1S/C7H11N3OS/c1-6-8-9-7(12-6)10-2-4-11-5-3-10/h2-5H2,1H3. The Morgan fingerprint density at radius 3 is 2.67 bits per heavy atom. The molecule has 0 aliphatic carbocycles. The van der Waals surface area contributed by atoms with Gasteiger partial charge >= 0.3 is 0 Å². The predicted octanol–water partition coefficient (Wildman–Crippen LogP) is 0.683. The molecule has 66 valence electrons. The zero-order valence-electron chi connectivity index (χ0n) is 6.99. The molecular formula is C7H11N3OS. The molecule has 0 bridgehead atoms. The molecule has 1 saturated heterocycles.